The van der Waals surface area contributed by atoms with E-state index in [1.165, 1.54) is 26.8 Å². The lowest BCUT2D eigenvalue weighted by Crippen LogP contribution is -2.53. The third-order valence-electron chi connectivity index (χ3n) is 12.0. The number of halogens is 4. The summed E-state index contributed by atoms with van der Waals surface area (Å²) in [7, 11) is 3.32. The maximum atomic E-state index is 14.5. The average Bonchev–Trinajstić information content (AvgIpc) is 3.38. The molecule has 0 bridgehead atoms. The Kier molecular flexibility index (Phi) is 14.1. The number of anilines is 2. The number of benzene rings is 2. The monoisotopic (exact) mass is 845 g/mol. The van der Waals surface area contributed by atoms with Gasteiger partial charge in [-0.15, -0.1) is 0 Å². The van der Waals surface area contributed by atoms with Gasteiger partial charge in [0.05, 0.1) is 22.3 Å². The van der Waals surface area contributed by atoms with Crippen LogP contribution in [-0.4, -0.2) is 133 Å². The molecule has 6 rings (SSSR count). The Hall–Kier alpha value is -4.83. The Morgan fingerprint density at radius 3 is 2.39 bits per heavy atom. The van der Waals surface area contributed by atoms with Gasteiger partial charge in [0.1, 0.15) is 12.5 Å². The van der Waals surface area contributed by atoms with E-state index in [1.54, 1.807) is 24.1 Å². The summed E-state index contributed by atoms with van der Waals surface area (Å²) in [6.07, 6.45) is -2.30. The number of nitrogens with zero attached hydrogens (tertiary/aromatic N) is 5. The van der Waals surface area contributed by atoms with Crippen LogP contribution in [0.4, 0.5) is 34.1 Å². The van der Waals surface area contributed by atoms with Crippen molar-refractivity contribution in [1.29, 1.82) is 0 Å². The van der Waals surface area contributed by atoms with Gasteiger partial charge in [-0.3, -0.25) is 14.4 Å². The van der Waals surface area contributed by atoms with Crippen LogP contribution in [0.3, 0.4) is 0 Å². The summed E-state index contributed by atoms with van der Waals surface area (Å²) in [5, 5.41) is 4.39. The third kappa shape index (κ3) is 10.7. The minimum absolute atomic E-state index is 0.0202. The number of hydroxylamine groups is 2. The van der Waals surface area contributed by atoms with Crippen LogP contribution in [0.15, 0.2) is 42.5 Å². The number of piperidine rings is 3. The zero-order valence-electron chi connectivity index (χ0n) is 33.2. The highest BCUT2D eigenvalue weighted by Crippen LogP contribution is 2.39. The van der Waals surface area contributed by atoms with Crippen molar-refractivity contribution in [2.24, 2.45) is 11.8 Å². The van der Waals surface area contributed by atoms with Crippen LogP contribution in [0.1, 0.15) is 55.2 Å². The standard InChI is InChI=1S/C41H51ClF3N7O7/c1-48(2)36(54)25-58-50-16-7-27(8-17-50)29-10-18-51(31(24-29)13-20-53)38(55)35(23-26-21-32(41(43,44)45)37(46)33(42)22-26)59-40(57)49-14-11-30(12-15-49)52-19-9-28-5-3-4-6-34(28)47-39(52)56/h3-6,13,21-22,27,29-31,35H,7-12,14-19,23-25,46H2,1-2H3,(H,47,56)/t29?,31?,35-/m1/s1. The van der Waals surface area contributed by atoms with E-state index in [0.29, 0.717) is 51.7 Å². The first kappa shape index (κ1) is 43.7. The van der Waals surface area contributed by atoms with Gasteiger partial charge < -0.3 is 35.4 Å². The maximum Gasteiger partial charge on any atom is 0.418 e. The van der Waals surface area contributed by atoms with Crippen molar-refractivity contribution in [3.8, 4) is 0 Å². The molecule has 4 heterocycles. The molecule has 2 aromatic carbocycles. The summed E-state index contributed by atoms with van der Waals surface area (Å²) in [5.74, 6) is 1.39. The van der Waals surface area contributed by atoms with E-state index >= 15 is 0 Å². The van der Waals surface area contributed by atoms with Crippen molar-refractivity contribution in [2.45, 2.75) is 75.7 Å². The molecule has 0 saturated carbocycles. The number of hydrogen-bond donors (Lipinski definition) is 2. The van der Waals surface area contributed by atoms with Crippen LogP contribution in [0, 0.1) is 11.8 Å². The van der Waals surface area contributed by atoms with Gasteiger partial charge in [-0.25, -0.2) is 14.4 Å². The van der Waals surface area contributed by atoms with Crippen LogP contribution < -0.4 is 11.1 Å². The van der Waals surface area contributed by atoms with E-state index in [4.69, 9.17) is 26.9 Å². The van der Waals surface area contributed by atoms with Crippen LogP contribution in [0.25, 0.3) is 0 Å². The number of nitrogen functional groups attached to an aromatic ring is 1. The second-order valence-electron chi connectivity index (χ2n) is 15.9. The molecule has 14 nitrogen and oxygen atoms in total. The fraction of sp³-hybridized carbons (Fsp3) is 0.561. The summed E-state index contributed by atoms with van der Waals surface area (Å²) in [4.78, 5) is 77.0. The Morgan fingerprint density at radius 2 is 1.71 bits per heavy atom. The second kappa shape index (κ2) is 19.0. The minimum atomic E-state index is -4.84. The average molecular weight is 846 g/mol. The quantitative estimate of drug-likeness (QED) is 0.240. The van der Waals surface area contributed by atoms with Gasteiger partial charge in [0.15, 0.2) is 6.10 Å². The lowest BCUT2D eigenvalue weighted by atomic mass is 9.76. The molecule has 0 aromatic heterocycles. The number of ether oxygens (including phenoxy) is 1. The van der Waals surface area contributed by atoms with E-state index in [1.807, 2.05) is 30.2 Å². The number of carbonyl (C=O) groups is 4. The molecule has 320 valence electrons. The Bertz CT molecular complexity index is 1910. The largest absolute Gasteiger partial charge is 0.436 e. The zero-order chi connectivity index (χ0) is 42.4. The van der Waals surface area contributed by atoms with Crippen molar-refractivity contribution in [2.75, 3.05) is 71.0 Å². The number of nitrogens with one attached hydrogen (secondary N) is 1. The number of urea groups is 1. The lowest BCUT2D eigenvalue weighted by molar-refractivity contribution is -0.186. The van der Waals surface area contributed by atoms with Crippen molar-refractivity contribution >= 4 is 52.9 Å². The molecule has 5 amide bonds. The van der Waals surface area contributed by atoms with Crippen LogP contribution >= 0.6 is 11.6 Å². The topological polar surface area (TPSA) is 158 Å². The zero-order valence-corrected chi connectivity index (χ0v) is 34.0. The highest BCUT2D eigenvalue weighted by atomic mass is 35.5. The van der Waals surface area contributed by atoms with E-state index < -0.39 is 48.0 Å². The van der Waals surface area contributed by atoms with Crippen molar-refractivity contribution in [1.82, 2.24) is 24.7 Å². The maximum absolute atomic E-state index is 14.5. The normalized spacial score (nSPS) is 21.5. The number of likely N-dealkylation sites (N-methyl/N-ethyl adjacent to an activating group) is 1. The fourth-order valence-corrected chi connectivity index (χ4v) is 8.86. The summed E-state index contributed by atoms with van der Waals surface area (Å²) < 4.78 is 47.8. The first-order chi connectivity index (χ1) is 28.1. The fourth-order valence-electron chi connectivity index (χ4n) is 8.62. The van der Waals surface area contributed by atoms with Gasteiger partial charge >= 0.3 is 18.3 Å². The molecule has 0 spiro atoms. The molecule has 3 saturated heterocycles. The lowest BCUT2D eigenvalue weighted by Gasteiger charge is -2.43. The summed E-state index contributed by atoms with van der Waals surface area (Å²) in [6, 6.07) is 8.54. The highest BCUT2D eigenvalue weighted by molar-refractivity contribution is 6.33. The highest BCUT2D eigenvalue weighted by Gasteiger charge is 2.41. The third-order valence-corrected chi connectivity index (χ3v) is 12.3. The molecule has 3 fully saturated rings. The smallest absolute Gasteiger partial charge is 0.418 e. The van der Waals surface area contributed by atoms with Crippen LogP contribution in [-0.2, 0) is 43.0 Å². The van der Waals surface area contributed by atoms with Gasteiger partial charge in [0, 0.05) is 77.6 Å². The number of carbonyl (C=O) groups excluding carboxylic acids is 5. The van der Waals surface area contributed by atoms with Gasteiger partial charge in [-0.2, -0.15) is 18.2 Å². The van der Waals surface area contributed by atoms with Crippen molar-refractivity contribution in [3.63, 3.8) is 0 Å². The molecule has 0 aliphatic carbocycles. The first-order valence-electron chi connectivity index (χ1n) is 20.0. The van der Waals surface area contributed by atoms with Crippen LogP contribution in [0.5, 0.6) is 0 Å². The summed E-state index contributed by atoms with van der Waals surface area (Å²) in [5.41, 5.74) is 5.62. The number of para-hydroxylation sites is 1. The van der Waals surface area contributed by atoms with E-state index in [-0.39, 0.29) is 66.6 Å². The minimum Gasteiger partial charge on any atom is -0.436 e. The summed E-state index contributed by atoms with van der Waals surface area (Å²) >= 11 is 6.15. The Morgan fingerprint density at radius 1 is 1.02 bits per heavy atom. The summed E-state index contributed by atoms with van der Waals surface area (Å²) in [6.45, 7) is 2.29. The predicted molar refractivity (Wildman–Crippen MR) is 213 cm³/mol. The predicted octanol–water partition coefficient (Wildman–Crippen LogP) is 5.27. The molecule has 0 radical (unpaired) electrons. The van der Waals surface area contributed by atoms with Gasteiger partial charge in [-0.1, -0.05) is 29.8 Å². The van der Waals surface area contributed by atoms with Crippen molar-refractivity contribution < 1.29 is 46.7 Å². The molecule has 18 heteroatoms. The van der Waals surface area contributed by atoms with Crippen LogP contribution in [0.2, 0.25) is 5.02 Å². The van der Waals surface area contributed by atoms with Gasteiger partial charge in [0.2, 0.25) is 5.91 Å². The Balaban J connectivity index is 1.14. The molecule has 4 aliphatic rings. The number of likely N-dealkylation sites (tertiary alicyclic amines) is 2. The molecule has 2 aromatic rings. The van der Waals surface area contributed by atoms with Gasteiger partial charge in [0.25, 0.3) is 5.91 Å². The number of hydrogen-bond acceptors (Lipinski definition) is 9. The number of rotatable bonds is 10. The number of fused-ring (bicyclic) bond motifs is 1. The number of amides is 5. The first-order valence-corrected chi connectivity index (χ1v) is 20.4. The van der Waals surface area contributed by atoms with E-state index in [2.05, 4.69) is 5.32 Å². The number of alkyl halides is 3. The Labute approximate surface area is 346 Å². The second-order valence-corrected chi connectivity index (χ2v) is 16.3. The molecule has 59 heavy (non-hydrogen) atoms. The molecular formula is C41H51ClF3N7O7. The molecule has 3 N–H and O–H groups in total. The molecular weight excluding hydrogens is 795 g/mol. The molecule has 4 aliphatic heterocycles. The number of nitrogens with two attached hydrogens (primary N) is 1. The van der Waals surface area contributed by atoms with Crippen molar-refractivity contribution in [3.05, 3.63) is 64.2 Å². The van der Waals surface area contributed by atoms with E-state index in [0.717, 1.165) is 30.2 Å². The SMILES string of the molecule is CN(C)C(=O)CON1CCC(C2CCN(C(=O)[C@@H](Cc3cc(Cl)c(N)c(C(F)(F)F)c3)OC(=O)N3CCC(N4CCc5ccccc5NC4=O)CC3)C(C=C=O)C2)CC1. The van der Waals surface area contributed by atoms with Gasteiger partial charge in [-0.05, 0) is 86.1 Å². The molecule has 3 atom stereocenters. The van der Waals surface area contributed by atoms with E-state index in [9.17, 15) is 37.1 Å². The molecule has 2 unspecified atom stereocenters.